The molecule has 0 spiro atoms. The summed E-state index contributed by atoms with van der Waals surface area (Å²) in [6, 6.07) is 2.51. The first-order chi connectivity index (χ1) is 8.27. The van der Waals surface area contributed by atoms with Gasteiger partial charge in [-0.2, -0.15) is 0 Å². The summed E-state index contributed by atoms with van der Waals surface area (Å²) in [7, 11) is -3.61. The van der Waals surface area contributed by atoms with Crippen LogP contribution in [-0.4, -0.2) is 25.7 Å². The van der Waals surface area contributed by atoms with Crippen molar-refractivity contribution >= 4 is 33.0 Å². The van der Waals surface area contributed by atoms with Crippen molar-refractivity contribution in [2.45, 2.75) is 43.5 Å². The summed E-state index contributed by atoms with van der Waals surface area (Å²) in [6.45, 7) is 5.44. The van der Waals surface area contributed by atoms with Crippen LogP contribution < -0.4 is 4.72 Å². The van der Waals surface area contributed by atoms with E-state index in [1.54, 1.807) is 13.0 Å². The Morgan fingerprint density at radius 3 is 2.44 bits per heavy atom. The Labute approximate surface area is 117 Å². The SMILES string of the molecule is CCC(C)[C@H](NS(=O)(=O)c1ccc(Cl)s1)C(C)O. The van der Waals surface area contributed by atoms with Crippen LogP contribution in [0.15, 0.2) is 16.3 Å². The monoisotopic (exact) mass is 311 g/mol. The molecule has 1 aromatic heterocycles. The molecule has 0 aliphatic rings. The number of halogens is 1. The molecule has 0 bridgehead atoms. The summed E-state index contributed by atoms with van der Waals surface area (Å²) in [6.07, 6.45) is 0.0358. The number of thiophene rings is 1. The van der Waals surface area contributed by atoms with Gasteiger partial charge in [-0.3, -0.25) is 0 Å². The highest BCUT2D eigenvalue weighted by Gasteiger charge is 2.28. The quantitative estimate of drug-likeness (QED) is 0.848. The lowest BCUT2D eigenvalue weighted by Gasteiger charge is -2.26. The minimum atomic E-state index is -3.61. The molecule has 0 aliphatic heterocycles. The second-order valence-electron chi connectivity index (χ2n) is 4.33. The maximum atomic E-state index is 12.1. The van der Waals surface area contributed by atoms with Crippen LogP contribution >= 0.6 is 22.9 Å². The zero-order valence-electron chi connectivity index (χ0n) is 10.6. The van der Waals surface area contributed by atoms with Gasteiger partial charge in [-0.1, -0.05) is 31.9 Å². The van der Waals surface area contributed by atoms with Gasteiger partial charge in [-0.05, 0) is 25.0 Å². The van der Waals surface area contributed by atoms with E-state index in [4.69, 9.17) is 11.6 Å². The van der Waals surface area contributed by atoms with Crippen LogP contribution in [0.5, 0.6) is 0 Å². The van der Waals surface area contributed by atoms with Crippen LogP contribution in [0.3, 0.4) is 0 Å². The molecule has 0 radical (unpaired) electrons. The molecule has 104 valence electrons. The lowest BCUT2D eigenvalue weighted by atomic mass is 9.96. The van der Waals surface area contributed by atoms with E-state index in [0.717, 1.165) is 17.8 Å². The van der Waals surface area contributed by atoms with Crippen molar-refractivity contribution in [3.8, 4) is 0 Å². The van der Waals surface area contributed by atoms with Crippen LogP contribution in [0.2, 0.25) is 4.34 Å². The predicted octanol–water partition coefficient (Wildman–Crippen LogP) is 2.48. The fraction of sp³-hybridized carbons (Fsp3) is 0.636. The Morgan fingerprint density at radius 1 is 1.44 bits per heavy atom. The van der Waals surface area contributed by atoms with E-state index in [1.165, 1.54) is 6.07 Å². The molecule has 0 aliphatic carbocycles. The number of aliphatic hydroxyl groups excluding tert-OH is 1. The molecular weight excluding hydrogens is 294 g/mol. The zero-order chi connectivity index (χ0) is 13.9. The van der Waals surface area contributed by atoms with Crippen LogP contribution in [0.4, 0.5) is 0 Å². The highest BCUT2D eigenvalue weighted by molar-refractivity contribution is 7.91. The van der Waals surface area contributed by atoms with Gasteiger partial charge in [0.2, 0.25) is 10.0 Å². The van der Waals surface area contributed by atoms with Gasteiger partial charge < -0.3 is 5.11 Å². The maximum Gasteiger partial charge on any atom is 0.250 e. The van der Waals surface area contributed by atoms with E-state index in [1.807, 2.05) is 13.8 Å². The van der Waals surface area contributed by atoms with Crippen molar-refractivity contribution in [2.75, 3.05) is 0 Å². The smallest absolute Gasteiger partial charge is 0.250 e. The summed E-state index contributed by atoms with van der Waals surface area (Å²) in [5.41, 5.74) is 0. The Hall–Kier alpha value is -0.140. The van der Waals surface area contributed by atoms with E-state index in [2.05, 4.69) is 4.72 Å². The Kier molecular flexibility index (Phi) is 5.61. The molecule has 0 saturated carbocycles. The number of nitrogens with one attached hydrogen (secondary N) is 1. The van der Waals surface area contributed by atoms with Crippen molar-refractivity contribution in [3.05, 3.63) is 16.5 Å². The molecular formula is C11H18ClNO3S2. The Balaban J connectivity index is 2.93. The minimum absolute atomic E-state index is 0.0511. The summed E-state index contributed by atoms with van der Waals surface area (Å²) in [4.78, 5) is 0. The van der Waals surface area contributed by atoms with Crippen LogP contribution in [0.25, 0.3) is 0 Å². The number of hydrogen-bond acceptors (Lipinski definition) is 4. The molecule has 2 unspecified atom stereocenters. The summed E-state index contributed by atoms with van der Waals surface area (Å²) in [5, 5.41) is 9.68. The van der Waals surface area contributed by atoms with E-state index < -0.39 is 22.2 Å². The number of rotatable bonds is 6. The van der Waals surface area contributed by atoms with E-state index in [9.17, 15) is 13.5 Å². The molecule has 0 fully saturated rings. The van der Waals surface area contributed by atoms with Gasteiger partial charge in [0.15, 0.2) is 0 Å². The lowest BCUT2D eigenvalue weighted by Crippen LogP contribution is -2.45. The van der Waals surface area contributed by atoms with Gasteiger partial charge in [0.05, 0.1) is 16.5 Å². The van der Waals surface area contributed by atoms with Crippen LogP contribution in [-0.2, 0) is 10.0 Å². The average molecular weight is 312 g/mol. The summed E-state index contributed by atoms with van der Waals surface area (Å²) < 4.78 is 27.4. The molecule has 1 heterocycles. The largest absolute Gasteiger partial charge is 0.392 e. The standard InChI is InChI=1S/C11H18ClNO3S2/c1-4-7(2)11(8(3)14)13-18(15,16)10-6-5-9(12)17-10/h5-8,11,13-14H,4H2,1-3H3/t7?,8?,11-/m0/s1. The van der Waals surface area contributed by atoms with Crippen LogP contribution in [0, 0.1) is 5.92 Å². The highest BCUT2D eigenvalue weighted by atomic mass is 35.5. The van der Waals surface area contributed by atoms with Gasteiger partial charge in [0, 0.05) is 0 Å². The van der Waals surface area contributed by atoms with E-state index in [-0.39, 0.29) is 10.1 Å². The summed E-state index contributed by atoms with van der Waals surface area (Å²) >= 11 is 6.73. The lowest BCUT2D eigenvalue weighted by molar-refractivity contribution is 0.128. The van der Waals surface area contributed by atoms with Gasteiger partial charge in [-0.15, -0.1) is 11.3 Å². The molecule has 7 heteroatoms. The van der Waals surface area contributed by atoms with E-state index in [0.29, 0.717) is 4.34 Å². The van der Waals surface area contributed by atoms with Crippen molar-refractivity contribution in [3.63, 3.8) is 0 Å². The fourth-order valence-electron chi connectivity index (χ4n) is 1.62. The average Bonchev–Trinajstić information content (AvgIpc) is 2.72. The van der Waals surface area contributed by atoms with Gasteiger partial charge in [0.1, 0.15) is 4.21 Å². The first-order valence-corrected chi connectivity index (χ1v) is 8.41. The Bertz CT molecular complexity index is 484. The van der Waals surface area contributed by atoms with Crippen LogP contribution in [0.1, 0.15) is 27.2 Å². The molecule has 0 aromatic carbocycles. The van der Waals surface area contributed by atoms with Crippen molar-refractivity contribution in [1.29, 1.82) is 0 Å². The van der Waals surface area contributed by atoms with Gasteiger partial charge >= 0.3 is 0 Å². The third-order valence-electron chi connectivity index (χ3n) is 2.88. The van der Waals surface area contributed by atoms with Crippen molar-refractivity contribution < 1.29 is 13.5 Å². The predicted molar refractivity (Wildman–Crippen MR) is 74.6 cm³/mol. The zero-order valence-corrected chi connectivity index (χ0v) is 12.9. The van der Waals surface area contributed by atoms with Gasteiger partial charge in [-0.25, -0.2) is 13.1 Å². The van der Waals surface area contributed by atoms with E-state index >= 15 is 0 Å². The number of hydrogen-bond donors (Lipinski definition) is 2. The molecule has 18 heavy (non-hydrogen) atoms. The molecule has 1 aromatic rings. The normalized spacial score (nSPS) is 17.4. The third kappa shape index (κ3) is 3.93. The maximum absolute atomic E-state index is 12.1. The molecule has 0 saturated heterocycles. The Morgan fingerprint density at radius 2 is 2.06 bits per heavy atom. The second kappa shape index (κ2) is 6.34. The summed E-state index contributed by atoms with van der Waals surface area (Å²) in [5.74, 6) is 0.0511. The van der Waals surface area contributed by atoms with Gasteiger partial charge in [0.25, 0.3) is 0 Å². The third-order valence-corrected chi connectivity index (χ3v) is 6.06. The molecule has 2 N–H and O–H groups in total. The molecule has 3 atom stereocenters. The number of sulfonamides is 1. The fourth-order valence-corrected chi connectivity index (χ4v) is 4.54. The first kappa shape index (κ1) is 15.9. The molecule has 1 rings (SSSR count). The molecule has 4 nitrogen and oxygen atoms in total. The highest BCUT2D eigenvalue weighted by Crippen LogP contribution is 2.26. The molecule has 0 amide bonds. The first-order valence-electron chi connectivity index (χ1n) is 5.73. The van der Waals surface area contributed by atoms with Crippen molar-refractivity contribution in [2.24, 2.45) is 5.92 Å². The topological polar surface area (TPSA) is 66.4 Å². The second-order valence-corrected chi connectivity index (χ2v) is 7.99. The minimum Gasteiger partial charge on any atom is -0.392 e. The van der Waals surface area contributed by atoms with Crippen molar-refractivity contribution in [1.82, 2.24) is 4.72 Å². The number of aliphatic hydroxyl groups is 1.